The van der Waals surface area contributed by atoms with Gasteiger partial charge in [-0.25, -0.2) is 4.79 Å². The molecule has 0 spiro atoms. The number of amides is 1. The minimum Gasteiger partial charge on any atom is -0.410 e. The van der Waals surface area contributed by atoms with Crippen LogP contribution >= 0.6 is 0 Å². The van der Waals surface area contributed by atoms with E-state index in [1.807, 2.05) is 6.07 Å². The minimum absolute atomic E-state index is 0.390. The van der Waals surface area contributed by atoms with E-state index in [-0.39, 0.29) is 6.09 Å². The normalized spacial score (nSPS) is 9.64. The van der Waals surface area contributed by atoms with E-state index in [0.29, 0.717) is 12.3 Å². The minimum atomic E-state index is -0.390. The molecule has 0 saturated heterocycles. The number of hydrogen-bond acceptors (Lipinski definition) is 3. The molecule has 0 bridgehead atoms. The molecule has 0 radical (unpaired) electrons. The molecule has 2 N–H and O–H groups in total. The predicted octanol–water partition coefficient (Wildman–Crippen LogP) is 1.21. The molecule has 0 aromatic heterocycles. The monoisotopic (exact) mass is 194 g/mol. The molecule has 0 saturated carbocycles. The predicted molar refractivity (Wildman–Crippen MR) is 54.0 cm³/mol. The Morgan fingerprint density at radius 1 is 1.50 bits per heavy atom. The lowest BCUT2D eigenvalue weighted by atomic mass is 10.2. The van der Waals surface area contributed by atoms with Crippen LogP contribution in [0.4, 0.5) is 4.79 Å². The van der Waals surface area contributed by atoms with E-state index in [2.05, 4.69) is 0 Å². The van der Waals surface area contributed by atoms with Gasteiger partial charge in [0.1, 0.15) is 5.75 Å². The molecule has 0 fully saturated rings. The second kappa shape index (κ2) is 4.62. The molecule has 0 heterocycles. The van der Waals surface area contributed by atoms with Crippen molar-refractivity contribution >= 4 is 6.09 Å². The van der Waals surface area contributed by atoms with Gasteiger partial charge >= 0.3 is 6.09 Å². The van der Waals surface area contributed by atoms with E-state index in [0.717, 1.165) is 5.56 Å². The number of benzene rings is 1. The van der Waals surface area contributed by atoms with Gasteiger partial charge in [0.05, 0.1) is 0 Å². The van der Waals surface area contributed by atoms with Crippen LogP contribution in [0.1, 0.15) is 5.56 Å². The van der Waals surface area contributed by atoms with Crippen LogP contribution in [0.15, 0.2) is 24.3 Å². The first-order valence-electron chi connectivity index (χ1n) is 4.31. The Morgan fingerprint density at radius 3 is 2.79 bits per heavy atom. The second-order valence-electron chi connectivity index (χ2n) is 3.11. The van der Waals surface area contributed by atoms with Crippen molar-refractivity contribution in [2.24, 2.45) is 5.73 Å². The van der Waals surface area contributed by atoms with E-state index < -0.39 is 0 Å². The lowest BCUT2D eigenvalue weighted by Crippen LogP contribution is -2.25. The molecule has 1 amide bonds. The van der Waals surface area contributed by atoms with Gasteiger partial charge in [0.25, 0.3) is 0 Å². The largest absolute Gasteiger partial charge is 0.414 e. The number of carbonyl (C=O) groups is 1. The Kier molecular flexibility index (Phi) is 3.48. The van der Waals surface area contributed by atoms with E-state index >= 15 is 0 Å². The van der Waals surface area contributed by atoms with Crippen LogP contribution in [0.25, 0.3) is 0 Å². The Labute approximate surface area is 83.3 Å². The van der Waals surface area contributed by atoms with E-state index in [1.54, 1.807) is 32.3 Å². The molecule has 1 aromatic rings. The van der Waals surface area contributed by atoms with Crippen molar-refractivity contribution < 1.29 is 9.53 Å². The number of hydrogen-bond donors (Lipinski definition) is 1. The van der Waals surface area contributed by atoms with Gasteiger partial charge in [-0.2, -0.15) is 0 Å². The highest BCUT2D eigenvalue weighted by atomic mass is 16.6. The summed E-state index contributed by atoms with van der Waals surface area (Å²) in [5.41, 5.74) is 6.40. The van der Waals surface area contributed by atoms with Gasteiger partial charge < -0.3 is 15.4 Å². The zero-order chi connectivity index (χ0) is 10.6. The first kappa shape index (κ1) is 10.5. The maximum absolute atomic E-state index is 11.2. The van der Waals surface area contributed by atoms with E-state index in [9.17, 15) is 4.79 Å². The molecule has 0 atom stereocenters. The van der Waals surface area contributed by atoms with Crippen molar-refractivity contribution in [2.75, 3.05) is 14.1 Å². The maximum Gasteiger partial charge on any atom is 0.414 e. The molecular formula is C10H14N2O2. The van der Waals surface area contributed by atoms with Gasteiger partial charge in [0.2, 0.25) is 0 Å². The zero-order valence-electron chi connectivity index (χ0n) is 8.36. The Balaban J connectivity index is 2.72. The fraction of sp³-hybridized carbons (Fsp3) is 0.300. The average molecular weight is 194 g/mol. The maximum atomic E-state index is 11.2. The number of nitrogens with two attached hydrogens (primary N) is 1. The Bertz CT molecular complexity index is 324. The molecule has 76 valence electrons. The molecular weight excluding hydrogens is 180 g/mol. The number of rotatable bonds is 2. The summed E-state index contributed by atoms with van der Waals surface area (Å²) in [5, 5.41) is 0. The SMILES string of the molecule is CN(C)C(=O)Oc1cccc(CN)c1. The number of nitrogens with zero attached hydrogens (tertiary/aromatic N) is 1. The van der Waals surface area contributed by atoms with Crippen LogP contribution in [0, 0.1) is 0 Å². The first-order chi connectivity index (χ1) is 6.63. The van der Waals surface area contributed by atoms with Crippen LogP contribution in [0.2, 0.25) is 0 Å². The van der Waals surface area contributed by atoms with Crippen molar-refractivity contribution in [1.82, 2.24) is 4.90 Å². The summed E-state index contributed by atoms with van der Waals surface area (Å²) < 4.78 is 5.05. The molecule has 0 aliphatic heterocycles. The molecule has 1 aromatic carbocycles. The summed E-state index contributed by atoms with van der Waals surface area (Å²) in [6.45, 7) is 0.438. The van der Waals surface area contributed by atoms with Crippen LogP contribution < -0.4 is 10.5 Å². The van der Waals surface area contributed by atoms with Gasteiger partial charge in [-0.1, -0.05) is 12.1 Å². The summed E-state index contributed by atoms with van der Waals surface area (Å²) in [6.07, 6.45) is -0.390. The highest BCUT2D eigenvalue weighted by Crippen LogP contribution is 2.13. The molecule has 1 rings (SSSR count). The molecule has 14 heavy (non-hydrogen) atoms. The van der Waals surface area contributed by atoms with Gasteiger partial charge in [-0.15, -0.1) is 0 Å². The Hall–Kier alpha value is -1.55. The topological polar surface area (TPSA) is 55.6 Å². The van der Waals surface area contributed by atoms with Crippen molar-refractivity contribution in [1.29, 1.82) is 0 Å². The quantitative estimate of drug-likeness (QED) is 0.769. The molecule has 0 unspecified atom stereocenters. The van der Waals surface area contributed by atoms with Crippen molar-refractivity contribution in [2.45, 2.75) is 6.54 Å². The summed E-state index contributed by atoms with van der Waals surface area (Å²) in [7, 11) is 3.27. The van der Waals surface area contributed by atoms with Crippen molar-refractivity contribution in [3.05, 3.63) is 29.8 Å². The van der Waals surface area contributed by atoms with Gasteiger partial charge in [-0.05, 0) is 17.7 Å². The van der Waals surface area contributed by atoms with E-state index in [4.69, 9.17) is 10.5 Å². The Morgan fingerprint density at radius 2 is 2.21 bits per heavy atom. The van der Waals surface area contributed by atoms with Crippen LogP contribution in [-0.2, 0) is 6.54 Å². The lowest BCUT2D eigenvalue weighted by Gasteiger charge is -2.10. The zero-order valence-corrected chi connectivity index (χ0v) is 8.36. The van der Waals surface area contributed by atoms with Gasteiger partial charge in [0.15, 0.2) is 0 Å². The van der Waals surface area contributed by atoms with Crippen molar-refractivity contribution in [3.63, 3.8) is 0 Å². The number of ether oxygens (including phenoxy) is 1. The van der Waals surface area contributed by atoms with Gasteiger partial charge in [-0.3, -0.25) is 0 Å². The van der Waals surface area contributed by atoms with Crippen LogP contribution in [0.5, 0.6) is 5.75 Å². The fourth-order valence-electron chi connectivity index (χ4n) is 0.928. The average Bonchev–Trinajstić information content (AvgIpc) is 2.18. The van der Waals surface area contributed by atoms with E-state index in [1.165, 1.54) is 4.90 Å². The molecule has 0 aliphatic rings. The summed E-state index contributed by atoms with van der Waals surface area (Å²) in [4.78, 5) is 12.6. The van der Waals surface area contributed by atoms with Crippen LogP contribution in [-0.4, -0.2) is 25.1 Å². The van der Waals surface area contributed by atoms with Crippen LogP contribution in [0.3, 0.4) is 0 Å². The summed E-state index contributed by atoms with van der Waals surface area (Å²) >= 11 is 0. The highest BCUT2D eigenvalue weighted by molar-refractivity contribution is 5.69. The summed E-state index contributed by atoms with van der Waals surface area (Å²) in [6, 6.07) is 7.16. The lowest BCUT2D eigenvalue weighted by molar-refractivity contribution is 0.172. The standard InChI is InChI=1S/C10H14N2O2/c1-12(2)10(13)14-9-5-3-4-8(6-9)7-11/h3-6H,7,11H2,1-2H3. The molecule has 0 aliphatic carbocycles. The third-order valence-corrected chi connectivity index (χ3v) is 1.70. The first-order valence-corrected chi connectivity index (χ1v) is 4.31. The smallest absolute Gasteiger partial charge is 0.410 e. The fourth-order valence-corrected chi connectivity index (χ4v) is 0.928. The number of carbonyl (C=O) groups excluding carboxylic acids is 1. The third kappa shape index (κ3) is 2.74. The third-order valence-electron chi connectivity index (χ3n) is 1.70. The molecule has 4 nitrogen and oxygen atoms in total. The highest BCUT2D eigenvalue weighted by Gasteiger charge is 2.06. The van der Waals surface area contributed by atoms with Gasteiger partial charge in [0, 0.05) is 20.6 Å². The molecule has 4 heteroatoms. The summed E-state index contributed by atoms with van der Waals surface area (Å²) in [5.74, 6) is 0.520. The second-order valence-corrected chi connectivity index (χ2v) is 3.11. The van der Waals surface area contributed by atoms with Crippen molar-refractivity contribution in [3.8, 4) is 5.75 Å².